The highest BCUT2D eigenvalue weighted by molar-refractivity contribution is 5.89. The number of likely N-dealkylation sites (tertiary alicyclic amines) is 1. The third-order valence-electron chi connectivity index (χ3n) is 6.86. The number of nitrogens with zero attached hydrogens (tertiary/aromatic N) is 2. The molecule has 0 atom stereocenters. The maximum absolute atomic E-state index is 8.36. The van der Waals surface area contributed by atoms with E-state index in [1.807, 2.05) is 0 Å². The molecule has 7 nitrogen and oxygen atoms in total. The average Bonchev–Trinajstić information content (AvgIpc) is 3.46. The van der Waals surface area contributed by atoms with Crippen LogP contribution in [0.3, 0.4) is 0 Å². The second-order valence-corrected chi connectivity index (χ2v) is 8.92. The van der Waals surface area contributed by atoms with Gasteiger partial charge in [0.25, 0.3) is 6.47 Å². The first-order valence-corrected chi connectivity index (χ1v) is 12.0. The van der Waals surface area contributed by atoms with E-state index in [0.29, 0.717) is 6.04 Å². The summed E-state index contributed by atoms with van der Waals surface area (Å²) >= 11 is 0. The van der Waals surface area contributed by atoms with Gasteiger partial charge in [-0.1, -0.05) is 0 Å². The zero-order chi connectivity index (χ0) is 22.3. The summed E-state index contributed by atoms with van der Waals surface area (Å²) in [4.78, 5) is 15.9. The Labute approximate surface area is 190 Å². The molecular formula is C25H35N3O4. The summed E-state index contributed by atoms with van der Waals surface area (Å²) in [5, 5.41) is 11.8. The fraction of sp³-hybridized carbons (Fsp3) is 0.600. The number of hydrogen-bond donors (Lipinski definition) is 2. The number of anilines is 1. The predicted octanol–water partition coefficient (Wildman–Crippen LogP) is 4.26. The number of aryl methyl sites for hydroxylation is 1. The molecule has 1 aromatic heterocycles. The first-order chi connectivity index (χ1) is 15.7. The van der Waals surface area contributed by atoms with Gasteiger partial charge in [-0.25, -0.2) is 4.98 Å². The zero-order valence-corrected chi connectivity index (χ0v) is 19.1. The van der Waals surface area contributed by atoms with E-state index < -0.39 is 0 Å². The fourth-order valence-corrected chi connectivity index (χ4v) is 4.99. The summed E-state index contributed by atoms with van der Waals surface area (Å²) in [6.07, 6.45) is 11.1. The molecule has 0 amide bonds. The van der Waals surface area contributed by atoms with E-state index in [4.69, 9.17) is 24.4 Å². The van der Waals surface area contributed by atoms with Crippen molar-refractivity contribution < 1.29 is 19.4 Å². The molecule has 1 saturated carbocycles. The minimum atomic E-state index is -0.250. The van der Waals surface area contributed by atoms with Crippen LogP contribution in [0.5, 0.6) is 11.5 Å². The molecule has 0 bridgehead atoms. The van der Waals surface area contributed by atoms with Crippen LogP contribution in [0.15, 0.2) is 12.1 Å². The third kappa shape index (κ3) is 5.09. The van der Waals surface area contributed by atoms with Gasteiger partial charge >= 0.3 is 0 Å². The van der Waals surface area contributed by atoms with Gasteiger partial charge in [-0.2, -0.15) is 0 Å². The van der Waals surface area contributed by atoms with Crippen LogP contribution in [0.2, 0.25) is 0 Å². The molecule has 1 aromatic carbocycles. The van der Waals surface area contributed by atoms with E-state index in [9.17, 15) is 0 Å². The largest absolute Gasteiger partial charge is 0.493 e. The van der Waals surface area contributed by atoms with Gasteiger partial charge < -0.3 is 24.8 Å². The molecular weight excluding hydrogens is 406 g/mol. The smallest absolute Gasteiger partial charge is 0.290 e. The van der Waals surface area contributed by atoms with Crippen molar-refractivity contribution in [3.05, 3.63) is 23.3 Å². The Kier molecular flexibility index (Phi) is 7.68. The van der Waals surface area contributed by atoms with Crippen molar-refractivity contribution in [3.63, 3.8) is 0 Å². The summed E-state index contributed by atoms with van der Waals surface area (Å²) in [6.45, 7) is 4.07. The molecule has 2 fully saturated rings. The second kappa shape index (κ2) is 10.9. The minimum Gasteiger partial charge on any atom is -0.493 e. The summed E-state index contributed by atoms with van der Waals surface area (Å²) in [7, 11) is 1.73. The van der Waals surface area contributed by atoms with E-state index >= 15 is 0 Å². The van der Waals surface area contributed by atoms with Crippen LogP contribution in [-0.4, -0.2) is 60.9 Å². The van der Waals surface area contributed by atoms with E-state index in [-0.39, 0.29) is 6.47 Å². The quantitative estimate of drug-likeness (QED) is 0.468. The fourth-order valence-electron chi connectivity index (χ4n) is 4.99. The van der Waals surface area contributed by atoms with Crippen LogP contribution in [0, 0.1) is 0 Å². The molecule has 2 aromatic rings. The normalized spacial score (nSPS) is 17.9. The van der Waals surface area contributed by atoms with Gasteiger partial charge in [0, 0.05) is 24.0 Å². The maximum atomic E-state index is 8.36. The van der Waals surface area contributed by atoms with E-state index in [0.717, 1.165) is 55.2 Å². The highest BCUT2D eigenvalue weighted by atomic mass is 16.5. The Morgan fingerprint density at radius 1 is 1.12 bits per heavy atom. The van der Waals surface area contributed by atoms with Gasteiger partial charge in [-0.3, -0.25) is 4.79 Å². The van der Waals surface area contributed by atoms with Crippen molar-refractivity contribution in [1.82, 2.24) is 9.88 Å². The number of benzene rings is 1. The Morgan fingerprint density at radius 3 is 2.56 bits per heavy atom. The number of rotatable bonds is 8. The molecule has 32 heavy (non-hydrogen) atoms. The lowest BCUT2D eigenvalue weighted by Crippen LogP contribution is -2.28. The molecule has 2 aliphatic carbocycles. The molecule has 1 saturated heterocycles. The topological polar surface area (TPSA) is 83.9 Å². The lowest BCUT2D eigenvalue weighted by molar-refractivity contribution is -0.122. The number of hydrogen-bond acceptors (Lipinski definition) is 6. The number of nitrogens with one attached hydrogen (secondary N) is 1. The molecule has 0 radical (unpaired) electrons. The molecule has 5 rings (SSSR count). The molecule has 7 heteroatoms. The first-order valence-electron chi connectivity index (χ1n) is 12.0. The van der Waals surface area contributed by atoms with Gasteiger partial charge in [0.05, 0.1) is 19.2 Å². The molecule has 0 spiro atoms. The van der Waals surface area contributed by atoms with Crippen molar-refractivity contribution in [2.24, 2.45) is 0 Å². The van der Waals surface area contributed by atoms with Crippen molar-refractivity contribution in [3.8, 4) is 11.5 Å². The molecule has 174 valence electrons. The molecule has 2 heterocycles. The summed E-state index contributed by atoms with van der Waals surface area (Å²) < 4.78 is 11.8. The number of fused-ring (bicyclic) bond motifs is 3. The van der Waals surface area contributed by atoms with E-state index in [2.05, 4.69) is 22.3 Å². The zero-order valence-electron chi connectivity index (χ0n) is 19.1. The highest BCUT2D eigenvalue weighted by Crippen LogP contribution is 2.40. The Balaban J connectivity index is 0.000000775. The lowest BCUT2D eigenvalue weighted by Gasteiger charge is -2.28. The van der Waals surface area contributed by atoms with Crippen LogP contribution < -0.4 is 14.8 Å². The van der Waals surface area contributed by atoms with E-state index in [1.54, 1.807) is 7.11 Å². The van der Waals surface area contributed by atoms with Crippen LogP contribution in [0.4, 0.5) is 5.82 Å². The highest BCUT2D eigenvalue weighted by Gasteiger charge is 2.25. The number of methoxy groups -OCH3 is 1. The summed E-state index contributed by atoms with van der Waals surface area (Å²) in [5.74, 6) is 2.76. The molecule has 1 aliphatic heterocycles. The summed E-state index contributed by atoms with van der Waals surface area (Å²) in [6, 6.07) is 4.84. The molecule has 3 aliphatic rings. The minimum absolute atomic E-state index is 0.250. The van der Waals surface area contributed by atoms with Gasteiger partial charge in [-0.15, -0.1) is 0 Å². The monoisotopic (exact) mass is 441 g/mol. The van der Waals surface area contributed by atoms with Gasteiger partial charge in [0.1, 0.15) is 5.82 Å². The Morgan fingerprint density at radius 2 is 1.88 bits per heavy atom. The van der Waals surface area contributed by atoms with Crippen molar-refractivity contribution in [2.45, 2.75) is 63.8 Å². The van der Waals surface area contributed by atoms with Gasteiger partial charge in [0.2, 0.25) is 0 Å². The van der Waals surface area contributed by atoms with Crippen molar-refractivity contribution in [2.75, 3.05) is 38.7 Å². The van der Waals surface area contributed by atoms with Crippen LogP contribution in [0.25, 0.3) is 10.9 Å². The Hall–Kier alpha value is -2.54. The number of carboxylic acid groups (broad SMARTS) is 1. The number of pyridine rings is 1. The summed E-state index contributed by atoms with van der Waals surface area (Å²) in [5.41, 5.74) is 3.91. The standard InChI is InChI=1S/C24H33N3O2.CH2O2/c1-28-22-15-20-18-9-5-10-19(18)24(25-17-7-4-8-17)26-21(20)16-23(22)29-14-6-13-27-11-2-3-12-27;2-1-3/h15-17H,2-14H2,1H3,(H,25,26);1H,(H,2,3). The van der Waals surface area contributed by atoms with E-state index in [1.165, 1.54) is 68.1 Å². The van der Waals surface area contributed by atoms with Gasteiger partial charge in [-0.05, 0) is 88.1 Å². The third-order valence-corrected chi connectivity index (χ3v) is 6.86. The molecule has 0 unspecified atom stereocenters. The average molecular weight is 442 g/mol. The SMILES string of the molecule is COc1cc2c3c(c(NC4CCC4)nc2cc1OCCCN1CCCC1)CCC3.O=CO. The van der Waals surface area contributed by atoms with Crippen LogP contribution >= 0.6 is 0 Å². The second-order valence-electron chi connectivity index (χ2n) is 8.92. The van der Waals surface area contributed by atoms with Gasteiger partial charge in [0.15, 0.2) is 11.5 Å². The van der Waals surface area contributed by atoms with Crippen LogP contribution in [-0.2, 0) is 17.6 Å². The lowest BCUT2D eigenvalue weighted by atomic mass is 9.93. The predicted molar refractivity (Wildman–Crippen MR) is 126 cm³/mol. The molecule has 2 N–H and O–H groups in total. The number of carbonyl (C=O) groups is 1. The van der Waals surface area contributed by atoms with Crippen molar-refractivity contribution in [1.29, 1.82) is 0 Å². The number of ether oxygens (including phenoxy) is 2. The first kappa shape index (κ1) is 22.6. The number of aromatic nitrogens is 1. The maximum Gasteiger partial charge on any atom is 0.290 e. The van der Waals surface area contributed by atoms with Crippen molar-refractivity contribution >= 4 is 23.2 Å². The Bertz CT molecular complexity index is 923. The van der Waals surface area contributed by atoms with Crippen LogP contribution in [0.1, 0.15) is 56.1 Å².